The Morgan fingerprint density at radius 2 is 1.90 bits per heavy atom. The minimum Gasteiger partial charge on any atom is -0.284 e. The average Bonchev–Trinajstić information content (AvgIpc) is 3.33. The van der Waals surface area contributed by atoms with E-state index in [1.807, 2.05) is 0 Å². The highest BCUT2D eigenvalue weighted by atomic mass is 32.1. The van der Waals surface area contributed by atoms with Gasteiger partial charge in [-0.2, -0.15) is 23.0 Å². The van der Waals surface area contributed by atoms with Crippen molar-refractivity contribution in [3.05, 3.63) is 76.0 Å². The fourth-order valence-electron chi connectivity index (χ4n) is 2.83. The van der Waals surface area contributed by atoms with Crippen molar-refractivity contribution in [1.82, 2.24) is 25.2 Å². The molecule has 0 aliphatic carbocycles. The molecule has 0 aliphatic rings. The number of carbonyl (C=O) groups is 1. The van der Waals surface area contributed by atoms with Crippen molar-refractivity contribution in [1.29, 1.82) is 0 Å². The van der Waals surface area contributed by atoms with Gasteiger partial charge in [0, 0.05) is 18.0 Å². The van der Waals surface area contributed by atoms with Gasteiger partial charge < -0.3 is 0 Å². The number of halogens is 3. The Kier molecular flexibility index (Phi) is 5.15. The van der Waals surface area contributed by atoms with Crippen molar-refractivity contribution in [2.75, 3.05) is 0 Å². The summed E-state index contributed by atoms with van der Waals surface area (Å²) in [5.41, 5.74) is -0.364. The highest BCUT2D eigenvalue weighted by molar-refractivity contribution is 7.20. The number of carbonyl (C=O) groups excluding carboxylic acids is 1. The predicted molar refractivity (Wildman–Crippen MR) is 108 cm³/mol. The van der Waals surface area contributed by atoms with E-state index in [0.717, 1.165) is 16.0 Å². The van der Waals surface area contributed by atoms with E-state index in [0.29, 0.717) is 10.2 Å². The molecule has 0 radical (unpaired) electrons. The molecule has 2 N–H and O–H groups in total. The minimum atomic E-state index is -4.86. The van der Waals surface area contributed by atoms with Gasteiger partial charge in [0.2, 0.25) is 5.13 Å². The molecule has 0 unspecified atom stereocenters. The maximum absolute atomic E-state index is 13.6. The summed E-state index contributed by atoms with van der Waals surface area (Å²) in [6, 6.07) is 9.76. The first kappa shape index (κ1) is 20.5. The van der Waals surface area contributed by atoms with E-state index in [-0.39, 0.29) is 16.4 Å². The molecule has 0 bridgehead atoms. The molecular weight excluding hydrogens is 433 g/mol. The molecule has 0 atom stereocenters. The van der Waals surface area contributed by atoms with Crippen LogP contribution < -0.4 is 11.0 Å². The number of H-pyrrole nitrogens is 1. The number of aromatic amines is 1. The first-order valence-corrected chi connectivity index (χ1v) is 9.60. The third-order valence-corrected chi connectivity index (χ3v) is 5.30. The van der Waals surface area contributed by atoms with Crippen LogP contribution in [-0.4, -0.2) is 31.4 Å². The van der Waals surface area contributed by atoms with Gasteiger partial charge in [-0.25, -0.2) is 10.4 Å². The van der Waals surface area contributed by atoms with Gasteiger partial charge >= 0.3 is 6.18 Å². The molecule has 0 aliphatic heterocycles. The van der Waals surface area contributed by atoms with Crippen molar-refractivity contribution >= 4 is 33.2 Å². The van der Waals surface area contributed by atoms with Gasteiger partial charge in [0.15, 0.2) is 5.69 Å². The van der Waals surface area contributed by atoms with Crippen LogP contribution in [0.2, 0.25) is 0 Å². The monoisotopic (exact) mass is 446 g/mol. The number of hydrogen-bond acceptors (Lipinski definition) is 6. The zero-order valence-electron chi connectivity index (χ0n) is 15.8. The molecule has 3 heterocycles. The second kappa shape index (κ2) is 7.80. The van der Waals surface area contributed by atoms with E-state index >= 15 is 0 Å². The molecule has 3 aromatic heterocycles. The molecule has 8 nitrogen and oxygen atoms in total. The Hall–Kier alpha value is -3.80. The van der Waals surface area contributed by atoms with Crippen LogP contribution in [0.5, 0.6) is 0 Å². The van der Waals surface area contributed by atoms with Gasteiger partial charge in [-0.05, 0) is 31.2 Å². The third kappa shape index (κ3) is 3.97. The number of fused-ring (bicyclic) bond motifs is 1. The number of thiazole rings is 1. The third-order valence-electron chi connectivity index (χ3n) is 4.28. The van der Waals surface area contributed by atoms with Crippen molar-refractivity contribution in [2.24, 2.45) is 5.10 Å². The summed E-state index contributed by atoms with van der Waals surface area (Å²) in [4.78, 5) is 33.0. The van der Waals surface area contributed by atoms with E-state index in [9.17, 15) is 22.8 Å². The molecule has 12 heteroatoms. The summed E-state index contributed by atoms with van der Waals surface area (Å²) in [6.45, 7) is 1.20. The molecule has 1 aromatic carbocycles. The lowest BCUT2D eigenvalue weighted by molar-refractivity contribution is -0.141. The number of nitrogens with zero attached hydrogens (tertiary/aromatic N) is 4. The lowest BCUT2D eigenvalue weighted by atomic mass is 10.1. The molecule has 31 heavy (non-hydrogen) atoms. The molecule has 1 amide bonds. The molecule has 4 rings (SSSR count). The second-order valence-electron chi connectivity index (χ2n) is 6.34. The average molecular weight is 446 g/mol. The number of pyridine rings is 1. The summed E-state index contributed by atoms with van der Waals surface area (Å²) in [6.07, 6.45) is -2.09. The molecule has 4 aromatic rings. The zero-order valence-corrected chi connectivity index (χ0v) is 16.6. The van der Waals surface area contributed by atoms with Crippen LogP contribution in [0.3, 0.4) is 0 Å². The number of rotatable bonds is 4. The van der Waals surface area contributed by atoms with Crippen LogP contribution in [0.1, 0.15) is 28.5 Å². The number of benzene rings is 1. The Morgan fingerprint density at radius 1 is 1.19 bits per heavy atom. The number of alkyl halides is 3. The fourth-order valence-corrected chi connectivity index (χ4v) is 3.75. The quantitative estimate of drug-likeness (QED) is 0.371. The number of hydrazone groups is 1. The predicted octanol–water partition coefficient (Wildman–Crippen LogP) is 3.34. The van der Waals surface area contributed by atoms with E-state index in [4.69, 9.17) is 0 Å². The highest BCUT2D eigenvalue weighted by Gasteiger charge is 2.39. The smallest absolute Gasteiger partial charge is 0.284 e. The van der Waals surface area contributed by atoms with Gasteiger partial charge in [0.05, 0.1) is 21.5 Å². The van der Waals surface area contributed by atoms with Crippen molar-refractivity contribution in [3.8, 4) is 5.13 Å². The zero-order chi connectivity index (χ0) is 22.2. The topological polar surface area (TPSA) is 105 Å². The lowest BCUT2D eigenvalue weighted by Gasteiger charge is -2.06. The van der Waals surface area contributed by atoms with Crippen LogP contribution in [-0.2, 0) is 6.18 Å². The Labute approximate surface area is 176 Å². The number of hydrogen-bond donors (Lipinski definition) is 2. The normalized spacial score (nSPS) is 12.3. The van der Waals surface area contributed by atoms with Crippen LogP contribution >= 0.6 is 11.3 Å². The van der Waals surface area contributed by atoms with Gasteiger partial charge in [0.1, 0.15) is 0 Å². The summed E-state index contributed by atoms with van der Waals surface area (Å²) in [5.74, 6) is -0.655. The number of nitrogens with one attached hydrogen (secondary N) is 2. The van der Waals surface area contributed by atoms with Gasteiger partial charge in [-0.3, -0.25) is 19.7 Å². The minimum absolute atomic E-state index is 0.0524. The summed E-state index contributed by atoms with van der Waals surface area (Å²) in [7, 11) is 0. The van der Waals surface area contributed by atoms with E-state index in [1.54, 1.807) is 24.3 Å². The maximum atomic E-state index is 13.6. The fraction of sp³-hybridized carbons (Fsp3) is 0.105. The molecule has 0 saturated carbocycles. The van der Waals surface area contributed by atoms with Gasteiger partial charge in [-0.1, -0.05) is 23.5 Å². The Bertz CT molecular complexity index is 1320. The molecule has 0 saturated heterocycles. The highest BCUT2D eigenvalue weighted by Crippen LogP contribution is 2.31. The first-order chi connectivity index (χ1) is 14.8. The van der Waals surface area contributed by atoms with Crippen LogP contribution in [0.15, 0.2) is 58.7 Å². The van der Waals surface area contributed by atoms with Crippen molar-refractivity contribution < 1.29 is 18.0 Å². The summed E-state index contributed by atoms with van der Waals surface area (Å²) < 4.78 is 42.3. The lowest BCUT2D eigenvalue weighted by Crippen LogP contribution is -2.24. The standard InChI is InChI=1S/C19H13F3N6O2S/c1-10(25-26-16(29)11-6-8-23-9-7-11)14-15(19(20,21)22)27-28(17(14)30)18-24-12-4-2-3-5-13(12)31-18/h2-9,27H,1H3,(H,26,29)/b25-10+. The maximum Gasteiger partial charge on any atom is 0.433 e. The van der Waals surface area contributed by atoms with E-state index in [1.165, 1.54) is 31.5 Å². The number of aromatic nitrogens is 4. The SMILES string of the molecule is C/C(=N\NC(=O)c1ccncc1)c1c(C(F)(F)F)[nH]n(-c2nc3ccccc3s2)c1=O. The molecular formula is C19H13F3N6O2S. The number of amides is 1. The van der Waals surface area contributed by atoms with Crippen LogP contribution in [0.25, 0.3) is 15.3 Å². The second-order valence-corrected chi connectivity index (χ2v) is 7.35. The van der Waals surface area contributed by atoms with Gasteiger partial charge in [0.25, 0.3) is 11.5 Å². The molecule has 0 fully saturated rings. The van der Waals surface area contributed by atoms with Crippen LogP contribution in [0.4, 0.5) is 13.2 Å². The summed E-state index contributed by atoms with van der Waals surface area (Å²) in [5, 5.41) is 5.85. The number of para-hydroxylation sites is 1. The Morgan fingerprint density at radius 3 is 2.58 bits per heavy atom. The molecule has 158 valence electrons. The van der Waals surface area contributed by atoms with Crippen molar-refractivity contribution in [3.63, 3.8) is 0 Å². The van der Waals surface area contributed by atoms with E-state index < -0.39 is 28.9 Å². The van der Waals surface area contributed by atoms with Crippen LogP contribution in [0, 0.1) is 0 Å². The first-order valence-electron chi connectivity index (χ1n) is 8.79. The summed E-state index contributed by atoms with van der Waals surface area (Å²) >= 11 is 1.06. The van der Waals surface area contributed by atoms with Crippen molar-refractivity contribution in [2.45, 2.75) is 13.1 Å². The van der Waals surface area contributed by atoms with Gasteiger partial charge in [-0.15, -0.1) is 0 Å². The largest absolute Gasteiger partial charge is 0.433 e. The molecule has 0 spiro atoms. The Balaban J connectivity index is 1.76. The van der Waals surface area contributed by atoms with E-state index in [2.05, 4.69) is 25.6 Å².